The molecular formula is C20H21ClN4O. The number of rotatable bonds is 2. The van der Waals surface area contributed by atoms with Gasteiger partial charge in [0.15, 0.2) is 5.65 Å². The van der Waals surface area contributed by atoms with E-state index in [1.54, 1.807) is 0 Å². The smallest absolute Gasteiger partial charge is 0.157 e. The fourth-order valence-electron chi connectivity index (χ4n) is 4.52. The number of pyridine rings is 1. The zero-order valence-corrected chi connectivity index (χ0v) is 15.2. The number of nitriles is 1. The summed E-state index contributed by atoms with van der Waals surface area (Å²) >= 11 is 0. The van der Waals surface area contributed by atoms with Crippen molar-refractivity contribution in [3.63, 3.8) is 0 Å². The average molecular weight is 369 g/mol. The second kappa shape index (κ2) is 6.46. The van der Waals surface area contributed by atoms with Gasteiger partial charge in [-0.1, -0.05) is 12.1 Å². The number of hydrogen-bond donors (Lipinski definition) is 2. The number of imidazole rings is 1. The molecule has 0 spiro atoms. The lowest BCUT2D eigenvalue weighted by atomic mass is 10.1. The molecule has 0 bridgehead atoms. The van der Waals surface area contributed by atoms with Crippen molar-refractivity contribution in [2.24, 2.45) is 0 Å². The minimum absolute atomic E-state index is 0. The van der Waals surface area contributed by atoms with E-state index in [-0.39, 0.29) is 24.6 Å². The molecule has 1 saturated carbocycles. The predicted molar refractivity (Wildman–Crippen MR) is 104 cm³/mol. The van der Waals surface area contributed by atoms with E-state index in [1.165, 1.54) is 5.56 Å². The van der Waals surface area contributed by atoms with Crippen LogP contribution in [0.3, 0.4) is 0 Å². The molecule has 1 fully saturated rings. The predicted octanol–water partition coefficient (Wildman–Crippen LogP) is 3.59. The van der Waals surface area contributed by atoms with Gasteiger partial charge < -0.3 is 10.4 Å². The highest BCUT2D eigenvalue weighted by atomic mass is 35.5. The minimum atomic E-state index is -0.308. The maximum atomic E-state index is 10.3. The van der Waals surface area contributed by atoms with Crippen molar-refractivity contribution in [2.75, 3.05) is 5.32 Å². The molecule has 5 nitrogen and oxygen atoms in total. The molecule has 2 aromatic heterocycles. The number of aromatic nitrogens is 2. The summed E-state index contributed by atoms with van der Waals surface area (Å²) in [5.41, 5.74) is 5.73. The van der Waals surface area contributed by atoms with Crippen LogP contribution in [0.2, 0.25) is 0 Å². The molecule has 0 aliphatic heterocycles. The summed E-state index contributed by atoms with van der Waals surface area (Å²) in [5.74, 6) is 1.03. The molecule has 6 heteroatoms. The fourth-order valence-corrected chi connectivity index (χ4v) is 4.52. The molecule has 0 amide bonds. The third-order valence-electron chi connectivity index (χ3n) is 5.73. The molecule has 2 heterocycles. The van der Waals surface area contributed by atoms with Gasteiger partial charge in [0.05, 0.1) is 28.7 Å². The first-order valence-electron chi connectivity index (χ1n) is 9.07. The second-order valence-corrected chi connectivity index (χ2v) is 7.15. The summed E-state index contributed by atoms with van der Waals surface area (Å²) in [6.45, 7) is 0. The first-order chi connectivity index (χ1) is 12.3. The van der Waals surface area contributed by atoms with Crippen LogP contribution in [-0.4, -0.2) is 26.6 Å². The average Bonchev–Trinajstić information content (AvgIpc) is 3.33. The highest BCUT2D eigenvalue weighted by molar-refractivity contribution is 5.86. The Balaban J connectivity index is 0.00000168. The third kappa shape index (κ3) is 2.37. The van der Waals surface area contributed by atoms with Gasteiger partial charge in [-0.15, -0.1) is 12.4 Å². The maximum absolute atomic E-state index is 10.3. The minimum Gasteiger partial charge on any atom is -0.391 e. The normalized spacial score (nSPS) is 21.5. The molecular weight excluding hydrogens is 348 g/mol. The second-order valence-electron chi connectivity index (χ2n) is 7.15. The monoisotopic (exact) mass is 368 g/mol. The van der Waals surface area contributed by atoms with Crippen LogP contribution in [-0.2, 0) is 12.8 Å². The Morgan fingerprint density at radius 1 is 1.15 bits per heavy atom. The number of aliphatic hydroxyl groups is 1. The van der Waals surface area contributed by atoms with E-state index in [9.17, 15) is 10.4 Å². The number of nitrogens with one attached hydrogen (secondary N) is 1. The third-order valence-corrected chi connectivity index (χ3v) is 5.73. The van der Waals surface area contributed by atoms with E-state index in [0.29, 0.717) is 5.56 Å². The summed E-state index contributed by atoms with van der Waals surface area (Å²) in [4.78, 5) is 4.76. The fraction of sp³-hybridized carbons (Fsp3) is 0.400. The van der Waals surface area contributed by atoms with E-state index in [1.807, 2.05) is 24.3 Å². The van der Waals surface area contributed by atoms with Crippen LogP contribution in [0, 0.1) is 11.3 Å². The lowest BCUT2D eigenvalue weighted by Crippen LogP contribution is -2.29. The number of hydrogen-bond acceptors (Lipinski definition) is 4. The molecule has 0 radical (unpaired) electrons. The Labute approximate surface area is 158 Å². The lowest BCUT2D eigenvalue weighted by molar-refractivity contribution is 0.171. The molecule has 26 heavy (non-hydrogen) atoms. The molecule has 5 rings (SSSR count). The first-order valence-corrected chi connectivity index (χ1v) is 9.07. The molecule has 3 aromatic rings. The first kappa shape index (κ1) is 17.1. The molecule has 2 atom stereocenters. The largest absolute Gasteiger partial charge is 0.391 e. The van der Waals surface area contributed by atoms with Gasteiger partial charge in [0.2, 0.25) is 0 Å². The summed E-state index contributed by atoms with van der Waals surface area (Å²) in [6, 6.07) is 10.5. The van der Waals surface area contributed by atoms with Crippen molar-refractivity contribution >= 4 is 34.9 Å². The van der Waals surface area contributed by atoms with Gasteiger partial charge in [-0.2, -0.15) is 5.26 Å². The van der Waals surface area contributed by atoms with Gasteiger partial charge >= 0.3 is 0 Å². The number of fused-ring (bicyclic) bond motifs is 4. The Morgan fingerprint density at radius 3 is 2.73 bits per heavy atom. The van der Waals surface area contributed by atoms with Gasteiger partial charge in [-0.25, -0.2) is 4.98 Å². The van der Waals surface area contributed by atoms with Crippen LogP contribution in [0.1, 0.15) is 42.4 Å². The standard InChI is InChI=1S/C20H20N4O.ClH/c21-11-14-12-5-3-6-13(12)19(23-16-8-4-10-18(16)25)24-17-9-2-1-7-15(17)22-20(14)24;/h1-2,7,9,16,18,23,25H,3-6,8,10H2;1H/t16-,18+;/m1./s1. The highest BCUT2D eigenvalue weighted by Gasteiger charge is 2.30. The van der Waals surface area contributed by atoms with Crippen molar-refractivity contribution in [2.45, 2.75) is 50.7 Å². The zero-order valence-electron chi connectivity index (χ0n) is 14.4. The van der Waals surface area contributed by atoms with E-state index in [2.05, 4.69) is 15.8 Å². The van der Waals surface area contributed by atoms with Crippen LogP contribution in [0.5, 0.6) is 0 Å². The van der Waals surface area contributed by atoms with Gasteiger partial charge in [0, 0.05) is 0 Å². The highest BCUT2D eigenvalue weighted by Crippen LogP contribution is 2.37. The van der Waals surface area contributed by atoms with Crippen molar-refractivity contribution in [3.05, 3.63) is 41.0 Å². The van der Waals surface area contributed by atoms with Crippen LogP contribution in [0.25, 0.3) is 16.7 Å². The number of halogens is 1. The Morgan fingerprint density at radius 2 is 1.96 bits per heavy atom. The van der Waals surface area contributed by atoms with Crippen LogP contribution in [0.15, 0.2) is 24.3 Å². The van der Waals surface area contributed by atoms with Crippen molar-refractivity contribution < 1.29 is 5.11 Å². The van der Waals surface area contributed by atoms with E-state index >= 15 is 0 Å². The van der Waals surface area contributed by atoms with Crippen LogP contribution >= 0.6 is 12.4 Å². The van der Waals surface area contributed by atoms with Gasteiger partial charge in [0.1, 0.15) is 11.9 Å². The molecule has 1 aromatic carbocycles. The van der Waals surface area contributed by atoms with Gasteiger partial charge in [0.25, 0.3) is 0 Å². The Bertz CT molecular complexity index is 1040. The quantitative estimate of drug-likeness (QED) is 0.724. The number of nitrogens with zero attached hydrogens (tertiary/aromatic N) is 3. The topological polar surface area (TPSA) is 73.3 Å². The molecule has 0 unspecified atom stereocenters. The molecule has 2 aliphatic carbocycles. The van der Waals surface area contributed by atoms with Crippen molar-refractivity contribution in [3.8, 4) is 6.07 Å². The number of anilines is 1. The summed E-state index contributed by atoms with van der Waals surface area (Å²) in [6.07, 6.45) is 5.53. The van der Waals surface area contributed by atoms with E-state index in [0.717, 1.165) is 66.6 Å². The molecule has 134 valence electrons. The van der Waals surface area contributed by atoms with Crippen LogP contribution < -0.4 is 5.32 Å². The molecule has 0 saturated heterocycles. The summed E-state index contributed by atoms with van der Waals surface area (Å²) in [5, 5.41) is 23.7. The summed E-state index contributed by atoms with van der Waals surface area (Å²) in [7, 11) is 0. The van der Waals surface area contributed by atoms with E-state index < -0.39 is 0 Å². The SMILES string of the molecule is Cl.N#Cc1c2c(c(N[C@@H]3CCC[C@@H]3O)n3c1nc1ccccc13)CCC2. The number of aliphatic hydroxyl groups excluding tert-OH is 1. The summed E-state index contributed by atoms with van der Waals surface area (Å²) < 4.78 is 2.10. The Hall–Kier alpha value is -2.29. The lowest BCUT2D eigenvalue weighted by Gasteiger charge is -2.22. The van der Waals surface area contributed by atoms with E-state index in [4.69, 9.17) is 4.98 Å². The van der Waals surface area contributed by atoms with Crippen molar-refractivity contribution in [1.29, 1.82) is 5.26 Å². The van der Waals surface area contributed by atoms with Gasteiger partial charge in [-0.3, -0.25) is 4.40 Å². The maximum Gasteiger partial charge on any atom is 0.157 e. The number of benzene rings is 1. The number of para-hydroxylation sites is 2. The molecule has 2 aliphatic rings. The Kier molecular flexibility index (Phi) is 4.26. The van der Waals surface area contributed by atoms with Gasteiger partial charge in [-0.05, 0) is 61.8 Å². The van der Waals surface area contributed by atoms with Crippen molar-refractivity contribution in [1.82, 2.24) is 9.38 Å². The zero-order chi connectivity index (χ0) is 17.0. The molecule has 2 N–H and O–H groups in total. The van der Waals surface area contributed by atoms with Crippen LogP contribution in [0.4, 0.5) is 5.82 Å².